The molecule has 0 aromatic carbocycles. The lowest BCUT2D eigenvalue weighted by Gasteiger charge is -2.24. The maximum Gasteiger partial charge on any atom is 0.0604 e. The van der Waals surface area contributed by atoms with Gasteiger partial charge in [0.15, 0.2) is 0 Å². The third kappa shape index (κ3) is 4.98. The van der Waals surface area contributed by atoms with Crippen molar-refractivity contribution in [2.24, 2.45) is 5.92 Å². The van der Waals surface area contributed by atoms with Crippen molar-refractivity contribution >= 4 is 0 Å². The van der Waals surface area contributed by atoms with Gasteiger partial charge in [-0.2, -0.15) is 0 Å². The van der Waals surface area contributed by atoms with Gasteiger partial charge in [0.25, 0.3) is 0 Å². The van der Waals surface area contributed by atoms with Crippen LogP contribution < -0.4 is 0 Å². The van der Waals surface area contributed by atoms with Crippen molar-refractivity contribution in [2.75, 3.05) is 13.2 Å². The van der Waals surface area contributed by atoms with Gasteiger partial charge in [0.05, 0.1) is 6.10 Å². The number of ether oxygens (including phenoxy) is 1. The van der Waals surface area contributed by atoms with Crippen molar-refractivity contribution < 1.29 is 9.84 Å². The summed E-state index contributed by atoms with van der Waals surface area (Å²) < 4.78 is 5.96. The summed E-state index contributed by atoms with van der Waals surface area (Å²) >= 11 is 0. The second-order valence-electron chi connectivity index (χ2n) is 4.67. The topological polar surface area (TPSA) is 29.5 Å². The van der Waals surface area contributed by atoms with Crippen molar-refractivity contribution in [1.29, 1.82) is 0 Å². The van der Waals surface area contributed by atoms with Crippen LogP contribution in [0.3, 0.4) is 0 Å². The average molecular weight is 214 g/mol. The molecule has 1 N–H and O–H groups in total. The number of unbranched alkanes of at least 4 members (excludes halogenated alkanes) is 1. The molecule has 1 aliphatic carbocycles. The van der Waals surface area contributed by atoms with Gasteiger partial charge in [-0.3, -0.25) is 0 Å². The van der Waals surface area contributed by atoms with E-state index < -0.39 is 0 Å². The van der Waals surface area contributed by atoms with Crippen LogP contribution >= 0.6 is 0 Å². The van der Waals surface area contributed by atoms with Crippen LogP contribution in [0.4, 0.5) is 0 Å². The molecule has 1 unspecified atom stereocenters. The predicted molar refractivity (Wildman–Crippen MR) is 62.9 cm³/mol. The fourth-order valence-corrected chi connectivity index (χ4v) is 2.44. The van der Waals surface area contributed by atoms with Crippen molar-refractivity contribution in [3.05, 3.63) is 0 Å². The first-order valence-electron chi connectivity index (χ1n) is 6.61. The van der Waals surface area contributed by atoms with Gasteiger partial charge in [-0.25, -0.2) is 0 Å². The standard InChI is InChI=1S/C13H26O2/c1-2-3-11-15-13-8-6-4-5-7-12(13)9-10-14/h12-14H,2-11H2,1H3/t12?,13-/m0/s1. The first-order chi connectivity index (χ1) is 7.38. The molecule has 0 amide bonds. The Morgan fingerprint density at radius 1 is 1.20 bits per heavy atom. The van der Waals surface area contributed by atoms with E-state index in [0.717, 1.165) is 13.0 Å². The third-order valence-corrected chi connectivity index (χ3v) is 3.42. The van der Waals surface area contributed by atoms with Gasteiger partial charge in [-0.15, -0.1) is 0 Å². The zero-order valence-corrected chi connectivity index (χ0v) is 10.1. The summed E-state index contributed by atoms with van der Waals surface area (Å²) in [4.78, 5) is 0. The van der Waals surface area contributed by atoms with Crippen molar-refractivity contribution in [3.63, 3.8) is 0 Å². The van der Waals surface area contributed by atoms with E-state index in [2.05, 4.69) is 6.92 Å². The zero-order chi connectivity index (χ0) is 10.9. The lowest BCUT2D eigenvalue weighted by atomic mass is 9.94. The molecule has 0 spiro atoms. The van der Waals surface area contributed by atoms with E-state index in [1.165, 1.54) is 44.9 Å². The molecule has 1 aliphatic rings. The minimum atomic E-state index is 0.318. The normalized spacial score (nSPS) is 27.6. The molecule has 0 radical (unpaired) electrons. The second-order valence-corrected chi connectivity index (χ2v) is 4.67. The molecule has 0 aromatic rings. The first-order valence-corrected chi connectivity index (χ1v) is 6.61. The van der Waals surface area contributed by atoms with Crippen molar-refractivity contribution in [2.45, 2.75) is 64.4 Å². The van der Waals surface area contributed by atoms with Gasteiger partial charge in [-0.1, -0.05) is 32.6 Å². The monoisotopic (exact) mass is 214 g/mol. The fourth-order valence-electron chi connectivity index (χ4n) is 2.44. The average Bonchev–Trinajstić information content (AvgIpc) is 2.45. The minimum Gasteiger partial charge on any atom is -0.396 e. The number of hydrogen-bond donors (Lipinski definition) is 1. The Morgan fingerprint density at radius 3 is 2.73 bits per heavy atom. The SMILES string of the molecule is CCCCO[C@H]1CCCCCC1CCO. The number of aliphatic hydroxyl groups excluding tert-OH is 1. The van der Waals surface area contributed by atoms with Crippen molar-refractivity contribution in [3.8, 4) is 0 Å². The Balaban J connectivity index is 2.32. The Hall–Kier alpha value is -0.0800. The van der Waals surface area contributed by atoms with Gasteiger partial charge in [0.1, 0.15) is 0 Å². The first kappa shape index (κ1) is 13.0. The zero-order valence-electron chi connectivity index (χ0n) is 10.1. The molecule has 1 saturated carbocycles. The lowest BCUT2D eigenvalue weighted by Crippen LogP contribution is -2.24. The van der Waals surface area contributed by atoms with E-state index in [-0.39, 0.29) is 0 Å². The van der Waals surface area contributed by atoms with Crippen LogP contribution in [0.5, 0.6) is 0 Å². The van der Waals surface area contributed by atoms with Gasteiger partial charge >= 0.3 is 0 Å². The molecule has 0 saturated heterocycles. The molecule has 2 nitrogen and oxygen atoms in total. The highest BCUT2D eigenvalue weighted by molar-refractivity contribution is 4.74. The molecule has 1 rings (SSSR count). The molecule has 0 heterocycles. The van der Waals surface area contributed by atoms with Crippen LogP contribution in [0.25, 0.3) is 0 Å². The summed E-state index contributed by atoms with van der Waals surface area (Å²) in [5, 5.41) is 9.04. The Bertz CT molecular complexity index is 147. The predicted octanol–water partition coefficient (Wildman–Crippen LogP) is 3.13. The summed E-state index contributed by atoms with van der Waals surface area (Å²) in [6.45, 7) is 3.42. The molecule has 0 bridgehead atoms. The molecule has 90 valence electrons. The molecule has 2 atom stereocenters. The molecule has 0 aliphatic heterocycles. The van der Waals surface area contributed by atoms with Crippen LogP contribution in [0.1, 0.15) is 58.3 Å². The third-order valence-electron chi connectivity index (χ3n) is 3.42. The largest absolute Gasteiger partial charge is 0.396 e. The summed E-state index contributed by atoms with van der Waals surface area (Å²) in [6.07, 6.45) is 10.1. The highest BCUT2D eigenvalue weighted by atomic mass is 16.5. The summed E-state index contributed by atoms with van der Waals surface area (Å²) in [5.41, 5.74) is 0. The molecule has 0 aromatic heterocycles. The highest BCUT2D eigenvalue weighted by Crippen LogP contribution is 2.28. The number of hydrogen-bond acceptors (Lipinski definition) is 2. The fraction of sp³-hybridized carbons (Fsp3) is 1.00. The van der Waals surface area contributed by atoms with E-state index in [1.807, 2.05) is 0 Å². The minimum absolute atomic E-state index is 0.318. The number of aliphatic hydroxyl groups is 1. The van der Waals surface area contributed by atoms with Gasteiger partial charge in [-0.05, 0) is 31.6 Å². The second kappa shape index (κ2) is 8.12. The van der Waals surface area contributed by atoms with Crippen LogP contribution in [0.15, 0.2) is 0 Å². The van der Waals surface area contributed by atoms with E-state index in [4.69, 9.17) is 9.84 Å². The van der Waals surface area contributed by atoms with Crippen LogP contribution in [-0.2, 0) is 4.74 Å². The van der Waals surface area contributed by atoms with Gasteiger partial charge < -0.3 is 9.84 Å². The van der Waals surface area contributed by atoms with Gasteiger partial charge in [0.2, 0.25) is 0 Å². The molecule has 15 heavy (non-hydrogen) atoms. The smallest absolute Gasteiger partial charge is 0.0604 e. The lowest BCUT2D eigenvalue weighted by molar-refractivity contribution is -0.000635. The molecular weight excluding hydrogens is 188 g/mol. The van der Waals surface area contributed by atoms with E-state index >= 15 is 0 Å². The highest BCUT2D eigenvalue weighted by Gasteiger charge is 2.23. The van der Waals surface area contributed by atoms with Crippen molar-refractivity contribution in [1.82, 2.24) is 0 Å². The summed E-state index contributed by atoms with van der Waals surface area (Å²) in [6, 6.07) is 0. The van der Waals surface area contributed by atoms with E-state index in [0.29, 0.717) is 18.6 Å². The maximum atomic E-state index is 9.04. The Labute approximate surface area is 94.0 Å². The van der Waals surface area contributed by atoms with Crippen LogP contribution in [0.2, 0.25) is 0 Å². The quantitative estimate of drug-likeness (QED) is 0.543. The molecule has 1 fully saturated rings. The van der Waals surface area contributed by atoms with E-state index in [9.17, 15) is 0 Å². The summed E-state index contributed by atoms with van der Waals surface area (Å²) in [5.74, 6) is 0.606. The Kier molecular flexibility index (Phi) is 7.03. The molecule has 2 heteroatoms. The van der Waals surface area contributed by atoms with Crippen LogP contribution in [0, 0.1) is 5.92 Å². The Morgan fingerprint density at radius 2 is 2.00 bits per heavy atom. The van der Waals surface area contributed by atoms with Crippen LogP contribution in [-0.4, -0.2) is 24.4 Å². The maximum absolute atomic E-state index is 9.04. The molecular formula is C13H26O2. The summed E-state index contributed by atoms with van der Waals surface area (Å²) in [7, 11) is 0. The number of rotatable bonds is 6. The van der Waals surface area contributed by atoms with E-state index in [1.54, 1.807) is 0 Å². The van der Waals surface area contributed by atoms with Gasteiger partial charge in [0, 0.05) is 13.2 Å².